The van der Waals surface area contributed by atoms with Crippen LogP contribution in [0.25, 0.3) is 0 Å². The van der Waals surface area contributed by atoms with E-state index in [0.717, 1.165) is 12.8 Å². The van der Waals surface area contributed by atoms with Crippen LogP contribution in [0.5, 0.6) is 0 Å². The van der Waals surface area contributed by atoms with Gasteiger partial charge in [0.1, 0.15) is 5.76 Å². The van der Waals surface area contributed by atoms with Gasteiger partial charge in [-0.1, -0.05) is 5.16 Å². The van der Waals surface area contributed by atoms with Crippen LogP contribution < -0.4 is 5.32 Å². The normalized spacial score (nSPS) is 16.5. The summed E-state index contributed by atoms with van der Waals surface area (Å²) in [5.74, 6) is -0.446. The molecule has 1 unspecified atom stereocenters. The second-order valence-electron chi connectivity index (χ2n) is 4.34. The predicted molar refractivity (Wildman–Crippen MR) is 57.5 cm³/mol. The summed E-state index contributed by atoms with van der Waals surface area (Å²) in [7, 11) is 0. The van der Waals surface area contributed by atoms with Gasteiger partial charge in [0.05, 0.1) is 6.42 Å². The van der Waals surface area contributed by atoms with Crippen molar-refractivity contribution in [2.45, 2.75) is 32.2 Å². The number of nitrogens with zero attached hydrogens (tertiary/aromatic N) is 1. The van der Waals surface area contributed by atoms with E-state index in [2.05, 4.69) is 10.5 Å². The maximum Gasteiger partial charge on any atom is 0.305 e. The van der Waals surface area contributed by atoms with E-state index in [9.17, 15) is 9.59 Å². The molecule has 1 aliphatic carbocycles. The molecule has 0 aromatic carbocycles. The summed E-state index contributed by atoms with van der Waals surface area (Å²) in [5.41, 5.74) is 0.193. The SMILES string of the molecule is Cc1cc(C(=O)NC(CC(=O)O)C2CC2)no1. The van der Waals surface area contributed by atoms with E-state index < -0.39 is 5.97 Å². The molecule has 0 bridgehead atoms. The molecule has 0 saturated heterocycles. The van der Waals surface area contributed by atoms with Gasteiger partial charge >= 0.3 is 5.97 Å². The number of carbonyl (C=O) groups excluding carboxylic acids is 1. The van der Waals surface area contributed by atoms with Crippen molar-refractivity contribution in [3.63, 3.8) is 0 Å². The van der Waals surface area contributed by atoms with Crippen molar-refractivity contribution in [3.8, 4) is 0 Å². The predicted octanol–water partition coefficient (Wildman–Crippen LogP) is 0.966. The molecule has 0 aliphatic heterocycles. The van der Waals surface area contributed by atoms with Crippen molar-refractivity contribution in [2.24, 2.45) is 5.92 Å². The average Bonchev–Trinajstić information content (AvgIpc) is 2.99. The van der Waals surface area contributed by atoms with E-state index in [1.165, 1.54) is 6.07 Å². The fourth-order valence-corrected chi connectivity index (χ4v) is 1.74. The standard InChI is InChI=1S/C11H14N2O4/c1-6-4-9(13-17-6)11(16)12-8(5-10(14)15)7-2-3-7/h4,7-8H,2-3,5H2,1H3,(H,12,16)(H,14,15). The van der Waals surface area contributed by atoms with Crippen LogP contribution in [0.2, 0.25) is 0 Å². The van der Waals surface area contributed by atoms with Crippen LogP contribution in [0, 0.1) is 12.8 Å². The number of aromatic nitrogens is 1. The number of amides is 1. The van der Waals surface area contributed by atoms with Gasteiger partial charge in [-0.15, -0.1) is 0 Å². The zero-order valence-electron chi connectivity index (χ0n) is 9.47. The highest BCUT2D eigenvalue weighted by atomic mass is 16.5. The molecular weight excluding hydrogens is 224 g/mol. The van der Waals surface area contributed by atoms with Gasteiger partial charge in [0.2, 0.25) is 0 Å². The van der Waals surface area contributed by atoms with Gasteiger partial charge in [-0.2, -0.15) is 0 Å². The van der Waals surface area contributed by atoms with Crippen LogP contribution in [-0.4, -0.2) is 28.2 Å². The van der Waals surface area contributed by atoms with Gasteiger partial charge in [0.15, 0.2) is 5.69 Å². The van der Waals surface area contributed by atoms with Gasteiger partial charge in [-0.05, 0) is 25.7 Å². The lowest BCUT2D eigenvalue weighted by molar-refractivity contribution is -0.137. The van der Waals surface area contributed by atoms with Crippen LogP contribution in [0.15, 0.2) is 10.6 Å². The Morgan fingerprint density at radius 2 is 2.35 bits per heavy atom. The summed E-state index contributed by atoms with van der Waals surface area (Å²) in [6, 6.07) is 1.22. The number of carboxylic acids is 1. The number of rotatable bonds is 5. The smallest absolute Gasteiger partial charge is 0.305 e. The highest BCUT2D eigenvalue weighted by molar-refractivity contribution is 5.92. The molecule has 1 heterocycles. The molecule has 1 saturated carbocycles. The van der Waals surface area contributed by atoms with Gasteiger partial charge in [0.25, 0.3) is 5.91 Å². The average molecular weight is 238 g/mol. The van der Waals surface area contributed by atoms with E-state index in [-0.39, 0.29) is 30.0 Å². The van der Waals surface area contributed by atoms with Crippen molar-refractivity contribution in [2.75, 3.05) is 0 Å². The van der Waals surface area contributed by atoms with E-state index in [1.807, 2.05) is 0 Å². The van der Waals surface area contributed by atoms with E-state index in [1.54, 1.807) is 6.92 Å². The largest absolute Gasteiger partial charge is 0.481 e. The molecule has 2 N–H and O–H groups in total. The van der Waals surface area contributed by atoms with Gasteiger partial charge in [0, 0.05) is 12.1 Å². The molecule has 6 nitrogen and oxygen atoms in total. The molecule has 6 heteroatoms. The highest BCUT2D eigenvalue weighted by Crippen LogP contribution is 2.34. The number of nitrogens with one attached hydrogen (secondary N) is 1. The fourth-order valence-electron chi connectivity index (χ4n) is 1.74. The van der Waals surface area contributed by atoms with Crippen LogP contribution in [0.4, 0.5) is 0 Å². The Morgan fingerprint density at radius 3 is 2.82 bits per heavy atom. The minimum atomic E-state index is -0.904. The molecule has 0 spiro atoms. The third-order valence-electron chi connectivity index (χ3n) is 2.76. The van der Waals surface area contributed by atoms with Crippen LogP contribution >= 0.6 is 0 Å². The minimum Gasteiger partial charge on any atom is -0.481 e. The first-order valence-corrected chi connectivity index (χ1v) is 5.52. The molecule has 1 atom stereocenters. The molecule has 1 aromatic rings. The summed E-state index contributed by atoms with van der Waals surface area (Å²) < 4.78 is 4.80. The van der Waals surface area contributed by atoms with E-state index in [0.29, 0.717) is 5.76 Å². The second kappa shape index (κ2) is 4.57. The molecule has 17 heavy (non-hydrogen) atoms. The number of hydrogen-bond donors (Lipinski definition) is 2. The summed E-state index contributed by atoms with van der Waals surface area (Å²) in [5, 5.41) is 15.1. The number of carboxylic acid groups (broad SMARTS) is 1. The van der Waals surface area contributed by atoms with Crippen LogP contribution in [0.1, 0.15) is 35.5 Å². The first kappa shape index (κ1) is 11.6. The quantitative estimate of drug-likeness (QED) is 0.797. The first-order chi connectivity index (χ1) is 8.06. The molecule has 92 valence electrons. The van der Waals surface area contributed by atoms with E-state index in [4.69, 9.17) is 9.63 Å². The summed E-state index contributed by atoms with van der Waals surface area (Å²) in [6.07, 6.45) is 1.89. The third-order valence-corrected chi connectivity index (χ3v) is 2.76. The number of carbonyl (C=O) groups is 2. The molecule has 1 aromatic heterocycles. The topological polar surface area (TPSA) is 92.4 Å². The van der Waals surface area contributed by atoms with Crippen molar-refractivity contribution in [1.82, 2.24) is 10.5 Å². The molecule has 2 rings (SSSR count). The molecule has 1 fully saturated rings. The van der Waals surface area contributed by atoms with Crippen molar-refractivity contribution in [3.05, 3.63) is 17.5 Å². The Balaban J connectivity index is 1.97. The Morgan fingerprint density at radius 1 is 1.65 bits per heavy atom. The molecular formula is C11H14N2O4. The van der Waals surface area contributed by atoms with E-state index >= 15 is 0 Å². The lowest BCUT2D eigenvalue weighted by Crippen LogP contribution is -2.38. The third kappa shape index (κ3) is 3.05. The van der Waals surface area contributed by atoms with Crippen molar-refractivity contribution < 1.29 is 19.2 Å². The number of aryl methyl sites for hydroxylation is 1. The van der Waals surface area contributed by atoms with Crippen molar-refractivity contribution in [1.29, 1.82) is 0 Å². The van der Waals surface area contributed by atoms with Gasteiger partial charge in [-0.3, -0.25) is 9.59 Å². The lowest BCUT2D eigenvalue weighted by atomic mass is 10.1. The lowest BCUT2D eigenvalue weighted by Gasteiger charge is -2.14. The van der Waals surface area contributed by atoms with Crippen LogP contribution in [-0.2, 0) is 4.79 Å². The highest BCUT2D eigenvalue weighted by Gasteiger charge is 2.34. The minimum absolute atomic E-state index is 0.0484. The summed E-state index contributed by atoms with van der Waals surface area (Å²) in [4.78, 5) is 22.4. The zero-order chi connectivity index (χ0) is 12.4. The number of aliphatic carboxylic acids is 1. The maximum atomic E-state index is 11.8. The summed E-state index contributed by atoms with van der Waals surface area (Å²) in [6.45, 7) is 1.69. The van der Waals surface area contributed by atoms with Gasteiger partial charge < -0.3 is 14.9 Å². The maximum absolute atomic E-state index is 11.8. The molecule has 0 radical (unpaired) electrons. The Hall–Kier alpha value is -1.85. The Kier molecular flexibility index (Phi) is 3.12. The van der Waals surface area contributed by atoms with Crippen LogP contribution in [0.3, 0.4) is 0 Å². The zero-order valence-corrected chi connectivity index (χ0v) is 9.47. The Labute approximate surface area is 98.0 Å². The van der Waals surface area contributed by atoms with Gasteiger partial charge in [-0.25, -0.2) is 0 Å². The summed E-state index contributed by atoms with van der Waals surface area (Å²) >= 11 is 0. The first-order valence-electron chi connectivity index (χ1n) is 5.52. The fraction of sp³-hybridized carbons (Fsp3) is 0.545. The monoisotopic (exact) mass is 238 g/mol. The number of hydrogen-bond acceptors (Lipinski definition) is 4. The molecule has 1 aliphatic rings. The van der Waals surface area contributed by atoms with Crippen molar-refractivity contribution >= 4 is 11.9 Å². The molecule has 1 amide bonds. The second-order valence-corrected chi connectivity index (χ2v) is 4.34. The Bertz CT molecular complexity index is 436.